The monoisotopic (exact) mass is 406 g/mol. The van der Waals surface area contributed by atoms with E-state index in [0.29, 0.717) is 10.6 Å². The van der Waals surface area contributed by atoms with E-state index in [0.717, 1.165) is 15.9 Å². The third-order valence-electron chi connectivity index (χ3n) is 4.34. The molecule has 0 bridgehead atoms. The maximum Gasteiger partial charge on any atom is 0.346 e. The number of hydrogen-bond acceptors (Lipinski definition) is 5. The van der Waals surface area contributed by atoms with Crippen LogP contribution in [0.25, 0.3) is 21.6 Å². The lowest BCUT2D eigenvalue weighted by atomic mass is 10.0. The van der Waals surface area contributed by atoms with Crippen molar-refractivity contribution in [2.75, 3.05) is 0 Å². The molecule has 0 amide bonds. The second kappa shape index (κ2) is 6.47. The number of carboxylic acid groups (broad SMARTS) is 2. The van der Waals surface area contributed by atoms with Crippen molar-refractivity contribution in [3.05, 3.63) is 50.1 Å². The Labute approximate surface area is 162 Å². The number of aliphatic carboxylic acids is 1. The first-order chi connectivity index (χ1) is 12.6. The van der Waals surface area contributed by atoms with Gasteiger partial charge >= 0.3 is 11.9 Å². The summed E-state index contributed by atoms with van der Waals surface area (Å²) in [6, 6.07) is 6.47. The topological polar surface area (TPSA) is 109 Å². The second-order valence-electron chi connectivity index (χ2n) is 6.49. The number of fused-ring (bicyclic) bond motifs is 1. The molecule has 3 aromatic rings. The number of benzene rings is 1. The van der Waals surface area contributed by atoms with Gasteiger partial charge in [-0.1, -0.05) is 11.6 Å². The van der Waals surface area contributed by atoms with Crippen molar-refractivity contribution in [3.8, 4) is 11.4 Å². The molecule has 0 saturated carbocycles. The van der Waals surface area contributed by atoms with Gasteiger partial charge in [-0.2, -0.15) is 0 Å². The maximum absolute atomic E-state index is 13.2. The highest BCUT2D eigenvalue weighted by Crippen LogP contribution is 2.32. The molecule has 3 rings (SSSR count). The summed E-state index contributed by atoms with van der Waals surface area (Å²) in [7, 11) is 0. The Bertz CT molecular complexity index is 1150. The molecule has 0 unspecified atom stereocenters. The lowest BCUT2D eigenvalue weighted by molar-refractivity contribution is -0.145. The number of aromatic carboxylic acids is 1. The summed E-state index contributed by atoms with van der Waals surface area (Å²) in [6.45, 7) is 4.30. The first-order valence-corrected chi connectivity index (χ1v) is 9.04. The molecular formula is C18H15ClN2O5S. The number of carboxylic acids is 2. The van der Waals surface area contributed by atoms with Gasteiger partial charge in [-0.25, -0.2) is 14.6 Å². The summed E-state index contributed by atoms with van der Waals surface area (Å²) < 4.78 is 1.09. The number of nitrogens with zero attached hydrogens (tertiary/aromatic N) is 2. The number of halogens is 1. The normalized spacial score (nSPS) is 11.7. The smallest absolute Gasteiger partial charge is 0.346 e. The molecule has 27 heavy (non-hydrogen) atoms. The average molecular weight is 407 g/mol. The molecule has 2 aromatic heterocycles. The lowest BCUT2D eigenvalue weighted by Crippen LogP contribution is -2.44. The maximum atomic E-state index is 13.2. The van der Waals surface area contributed by atoms with Crippen molar-refractivity contribution in [1.82, 2.24) is 9.55 Å². The van der Waals surface area contributed by atoms with Crippen LogP contribution in [-0.4, -0.2) is 31.7 Å². The summed E-state index contributed by atoms with van der Waals surface area (Å²) in [4.78, 5) is 41.3. The molecular weight excluding hydrogens is 392 g/mol. The third-order valence-corrected chi connectivity index (χ3v) is 5.77. The van der Waals surface area contributed by atoms with E-state index in [1.165, 1.54) is 20.8 Å². The number of aryl methyl sites for hydroxylation is 1. The van der Waals surface area contributed by atoms with Crippen LogP contribution in [0.2, 0.25) is 5.02 Å². The molecule has 0 saturated heterocycles. The first kappa shape index (κ1) is 19.1. The summed E-state index contributed by atoms with van der Waals surface area (Å²) >= 11 is 6.81. The summed E-state index contributed by atoms with van der Waals surface area (Å²) in [6.07, 6.45) is 0. The minimum atomic E-state index is -1.61. The predicted octanol–water partition coefficient (Wildman–Crippen LogP) is 3.60. The lowest BCUT2D eigenvalue weighted by Gasteiger charge is -2.25. The minimum absolute atomic E-state index is 0.00235. The van der Waals surface area contributed by atoms with E-state index >= 15 is 0 Å². The fourth-order valence-corrected chi connectivity index (χ4v) is 3.93. The molecule has 0 aliphatic carbocycles. The van der Waals surface area contributed by atoms with Crippen LogP contribution >= 0.6 is 22.9 Å². The minimum Gasteiger partial charge on any atom is -0.480 e. The van der Waals surface area contributed by atoms with Crippen LogP contribution in [0.3, 0.4) is 0 Å². The van der Waals surface area contributed by atoms with Gasteiger partial charge in [0.05, 0.1) is 5.39 Å². The Hall–Kier alpha value is -2.71. The molecule has 9 heteroatoms. The van der Waals surface area contributed by atoms with Crippen LogP contribution in [0, 0.1) is 6.92 Å². The van der Waals surface area contributed by atoms with Gasteiger partial charge in [0.15, 0.2) is 0 Å². The molecule has 0 aliphatic rings. The summed E-state index contributed by atoms with van der Waals surface area (Å²) in [5, 5.41) is 19.6. The molecule has 1 aromatic carbocycles. The van der Waals surface area contributed by atoms with E-state index in [1.807, 2.05) is 0 Å². The van der Waals surface area contributed by atoms with E-state index in [9.17, 15) is 24.6 Å². The van der Waals surface area contributed by atoms with Crippen molar-refractivity contribution >= 4 is 45.1 Å². The second-order valence-corrected chi connectivity index (χ2v) is 7.92. The molecule has 0 aliphatic heterocycles. The fourth-order valence-electron chi connectivity index (χ4n) is 2.79. The van der Waals surface area contributed by atoms with Gasteiger partial charge in [0.25, 0.3) is 5.56 Å². The van der Waals surface area contributed by atoms with Crippen LogP contribution in [-0.2, 0) is 10.3 Å². The zero-order chi connectivity index (χ0) is 20.1. The molecule has 2 N–H and O–H groups in total. The molecule has 0 fully saturated rings. The van der Waals surface area contributed by atoms with Crippen molar-refractivity contribution in [1.29, 1.82) is 0 Å². The Balaban J connectivity index is 2.49. The highest BCUT2D eigenvalue weighted by Gasteiger charge is 2.35. The van der Waals surface area contributed by atoms with Crippen LogP contribution in [0.1, 0.15) is 29.1 Å². The van der Waals surface area contributed by atoms with E-state index in [4.69, 9.17) is 11.6 Å². The van der Waals surface area contributed by atoms with Gasteiger partial charge in [-0.15, -0.1) is 11.3 Å². The first-order valence-electron chi connectivity index (χ1n) is 7.85. The molecule has 140 valence electrons. The highest BCUT2D eigenvalue weighted by atomic mass is 35.5. The average Bonchev–Trinajstić information content (AvgIpc) is 2.92. The molecule has 7 nitrogen and oxygen atoms in total. The third kappa shape index (κ3) is 3.00. The van der Waals surface area contributed by atoms with Crippen molar-refractivity contribution in [2.24, 2.45) is 0 Å². The van der Waals surface area contributed by atoms with Crippen molar-refractivity contribution < 1.29 is 19.8 Å². The number of rotatable bonds is 4. The van der Waals surface area contributed by atoms with Crippen LogP contribution in [0.5, 0.6) is 0 Å². The Morgan fingerprint density at radius 2 is 1.78 bits per heavy atom. The Morgan fingerprint density at radius 3 is 2.30 bits per heavy atom. The molecule has 0 spiro atoms. The summed E-state index contributed by atoms with van der Waals surface area (Å²) in [5.41, 5.74) is -1.43. The highest BCUT2D eigenvalue weighted by molar-refractivity contribution is 7.20. The van der Waals surface area contributed by atoms with Crippen molar-refractivity contribution in [3.63, 3.8) is 0 Å². The van der Waals surface area contributed by atoms with Gasteiger partial charge in [0.1, 0.15) is 21.1 Å². The number of aromatic nitrogens is 2. The molecule has 0 radical (unpaired) electrons. The van der Waals surface area contributed by atoms with E-state index < -0.39 is 23.0 Å². The summed E-state index contributed by atoms with van der Waals surface area (Å²) in [5.74, 6) is -2.24. The Kier molecular flexibility index (Phi) is 4.57. The van der Waals surface area contributed by atoms with E-state index in [1.54, 1.807) is 24.3 Å². The van der Waals surface area contributed by atoms with Crippen molar-refractivity contribution in [2.45, 2.75) is 26.3 Å². The largest absolute Gasteiger partial charge is 0.480 e. The Morgan fingerprint density at radius 1 is 1.19 bits per heavy atom. The molecule has 2 heterocycles. The molecule has 0 atom stereocenters. The zero-order valence-corrected chi connectivity index (χ0v) is 16.2. The zero-order valence-electron chi connectivity index (χ0n) is 14.6. The van der Waals surface area contributed by atoms with Gasteiger partial charge < -0.3 is 10.2 Å². The quantitative estimate of drug-likeness (QED) is 0.685. The van der Waals surface area contributed by atoms with Gasteiger partial charge in [0, 0.05) is 10.6 Å². The number of carbonyl (C=O) groups is 2. The van der Waals surface area contributed by atoms with Crippen LogP contribution < -0.4 is 5.56 Å². The fraction of sp³-hybridized carbons (Fsp3) is 0.222. The van der Waals surface area contributed by atoms with Gasteiger partial charge in [-0.05, 0) is 50.6 Å². The number of hydrogen-bond donors (Lipinski definition) is 2. The SMILES string of the molecule is Cc1c(C(=O)O)sc2nc(-c3ccc(Cl)cc3)n(C(C)(C)C(=O)O)c(=O)c12. The number of thiophene rings is 1. The van der Waals surface area contributed by atoms with Gasteiger partial charge in [-0.3, -0.25) is 9.36 Å². The van der Waals surface area contributed by atoms with Gasteiger partial charge in [0.2, 0.25) is 0 Å². The van der Waals surface area contributed by atoms with Crippen LogP contribution in [0.4, 0.5) is 0 Å². The predicted molar refractivity (Wildman–Crippen MR) is 103 cm³/mol. The van der Waals surface area contributed by atoms with E-state index in [2.05, 4.69) is 4.98 Å². The standard InChI is InChI=1S/C18H15ClN2O5S/c1-8-11-14(27-12(8)16(23)24)20-13(9-4-6-10(19)7-5-9)21(15(11)22)18(2,3)17(25)26/h4-7H,1-3H3,(H,23,24)(H,25,26). The van der Waals surface area contributed by atoms with Crippen LogP contribution in [0.15, 0.2) is 29.1 Å². The van der Waals surface area contributed by atoms with E-state index in [-0.39, 0.29) is 26.5 Å².